The van der Waals surface area contributed by atoms with Gasteiger partial charge in [-0.25, -0.2) is 8.42 Å². The number of quaternary nitrogens is 1. The van der Waals surface area contributed by atoms with Crippen molar-refractivity contribution in [2.45, 2.75) is 30.7 Å². The molecule has 0 bridgehead atoms. The van der Waals surface area contributed by atoms with Crippen LogP contribution in [0.25, 0.3) is 0 Å². The first-order chi connectivity index (χ1) is 14.3. The van der Waals surface area contributed by atoms with Crippen molar-refractivity contribution in [1.29, 1.82) is 0 Å². The fraction of sp³-hybridized carbons (Fsp3) is 0.400. The van der Waals surface area contributed by atoms with E-state index in [-0.39, 0.29) is 4.90 Å². The SMILES string of the molecule is C[NH+]1CCc2c(sc(NC(=O)c3ccc(S(=O)(=O)N4CCCC4)cc3)c2C(N)=O)C1. The molecule has 4 rings (SSSR count). The van der Waals surface area contributed by atoms with Crippen LogP contribution in [0.4, 0.5) is 5.00 Å². The maximum absolute atomic E-state index is 12.8. The van der Waals surface area contributed by atoms with Gasteiger partial charge in [-0.3, -0.25) is 9.59 Å². The Hall–Kier alpha value is -2.27. The fourth-order valence-corrected chi connectivity index (χ4v) is 6.88. The Bertz CT molecular complexity index is 1090. The zero-order valence-electron chi connectivity index (χ0n) is 16.7. The molecule has 1 fully saturated rings. The summed E-state index contributed by atoms with van der Waals surface area (Å²) in [5, 5.41) is 3.26. The zero-order valence-corrected chi connectivity index (χ0v) is 18.4. The Labute approximate surface area is 179 Å². The van der Waals surface area contributed by atoms with Crippen molar-refractivity contribution >= 4 is 38.2 Å². The molecule has 0 aliphatic carbocycles. The lowest BCUT2D eigenvalue weighted by Gasteiger charge is -2.19. The van der Waals surface area contributed by atoms with Crippen molar-refractivity contribution in [2.24, 2.45) is 5.73 Å². The van der Waals surface area contributed by atoms with E-state index >= 15 is 0 Å². The minimum Gasteiger partial charge on any atom is -0.365 e. The smallest absolute Gasteiger partial charge is 0.256 e. The lowest BCUT2D eigenvalue weighted by atomic mass is 10.0. The van der Waals surface area contributed by atoms with Crippen molar-refractivity contribution in [2.75, 3.05) is 32.0 Å². The fourth-order valence-electron chi connectivity index (χ4n) is 4.00. The number of hydrogen-bond donors (Lipinski definition) is 3. The quantitative estimate of drug-likeness (QED) is 0.615. The first-order valence-corrected chi connectivity index (χ1v) is 12.2. The van der Waals surface area contributed by atoms with Crippen molar-refractivity contribution in [3.8, 4) is 0 Å². The van der Waals surface area contributed by atoms with Crippen LogP contribution in [0.3, 0.4) is 0 Å². The summed E-state index contributed by atoms with van der Waals surface area (Å²) in [7, 11) is -1.44. The number of nitrogens with two attached hydrogens (primary N) is 1. The van der Waals surface area contributed by atoms with E-state index in [4.69, 9.17) is 5.73 Å². The zero-order chi connectivity index (χ0) is 21.5. The van der Waals surface area contributed by atoms with E-state index < -0.39 is 21.8 Å². The van der Waals surface area contributed by atoms with Gasteiger partial charge in [0.2, 0.25) is 10.0 Å². The number of carbonyl (C=O) groups excluding carboxylic acids is 2. The number of nitrogens with zero attached hydrogens (tertiary/aromatic N) is 1. The summed E-state index contributed by atoms with van der Waals surface area (Å²) < 4.78 is 26.7. The number of benzene rings is 1. The summed E-state index contributed by atoms with van der Waals surface area (Å²) in [4.78, 5) is 27.4. The van der Waals surface area contributed by atoms with Gasteiger partial charge in [0, 0.05) is 25.1 Å². The second kappa shape index (κ2) is 8.10. The van der Waals surface area contributed by atoms with Crippen LogP contribution in [0.5, 0.6) is 0 Å². The summed E-state index contributed by atoms with van der Waals surface area (Å²) in [6.45, 7) is 2.75. The number of hydrogen-bond acceptors (Lipinski definition) is 5. The summed E-state index contributed by atoms with van der Waals surface area (Å²) in [5.74, 6) is -0.948. The number of fused-ring (bicyclic) bond motifs is 1. The van der Waals surface area contributed by atoms with Gasteiger partial charge in [-0.05, 0) is 42.7 Å². The Balaban J connectivity index is 1.55. The molecule has 2 aliphatic heterocycles. The van der Waals surface area contributed by atoms with Gasteiger partial charge in [0.05, 0.1) is 28.9 Å². The normalized spacial score (nSPS) is 19.4. The number of nitrogens with one attached hydrogen (secondary N) is 2. The van der Waals surface area contributed by atoms with Crippen LogP contribution in [-0.4, -0.2) is 51.2 Å². The van der Waals surface area contributed by atoms with E-state index in [9.17, 15) is 18.0 Å². The Morgan fingerprint density at radius 1 is 1.17 bits per heavy atom. The molecule has 1 atom stereocenters. The molecule has 8 nitrogen and oxygen atoms in total. The molecule has 1 aromatic carbocycles. The molecule has 10 heteroatoms. The second-order valence-corrected chi connectivity index (χ2v) is 10.8. The molecule has 0 saturated carbocycles. The van der Waals surface area contributed by atoms with Gasteiger partial charge >= 0.3 is 0 Å². The maximum Gasteiger partial charge on any atom is 0.256 e. The Kier molecular flexibility index (Phi) is 5.67. The molecule has 30 heavy (non-hydrogen) atoms. The molecule has 2 aliphatic rings. The van der Waals surface area contributed by atoms with Gasteiger partial charge in [0.25, 0.3) is 11.8 Å². The standard InChI is InChI=1S/C20H24N4O4S2/c1-23-11-8-15-16(12-23)29-20(17(15)18(21)25)22-19(26)13-4-6-14(7-5-13)30(27,28)24-9-2-3-10-24/h4-7H,2-3,8-12H2,1H3,(H2,21,25)(H,22,26)/p+1. The number of rotatable bonds is 5. The topological polar surface area (TPSA) is 114 Å². The summed E-state index contributed by atoms with van der Waals surface area (Å²) in [6, 6.07) is 5.89. The first kappa shape index (κ1) is 21.0. The number of primary amides is 1. The van der Waals surface area contributed by atoms with Gasteiger partial charge in [0.15, 0.2) is 0 Å². The van der Waals surface area contributed by atoms with E-state index in [1.165, 1.54) is 44.8 Å². The van der Waals surface area contributed by atoms with Gasteiger partial charge in [-0.15, -0.1) is 11.3 Å². The summed E-state index contributed by atoms with van der Waals surface area (Å²) in [5.41, 5.74) is 7.24. The van der Waals surface area contributed by atoms with Crippen molar-refractivity contribution in [3.05, 3.63) is 45.8 Å². The molecule has 2 amide bonds. The van der Waals surface area contributed by atoms with Crippen molar-refractivity contribution in [3.63, 3.8) is 0 Å². The third-order valence-electron chi connectivity index (χ3n) is 5.65. The van der Waals surface area contributed by atoms with Crippen LogP contribution >= 0.6 is 11.3 Å². The molecule has 2 aromatic rings. The molecular weight excluding hydrogens is 424 g/mol. The average Bonchev–Trinajstić information content (AvgIpc) is 3.36. The van der Waals surface area contributed by atoms with Crippen LogP contribution in [0.1, 0.15) is 44.0 Å². The van der Waals surface area contributed by atoms with E-state index in [1.54, 1.807) is 0 Å². The first-order valence-electron chi connectivity index (χ1n) is 9.94. The molecule has 1 unspecified atom stereocenters. The monoisotopic (exact) mass is 449 g/mol. The number of likely N-dealkylation sites (N-methyl/N-ethyl adjacent to an activating group) is 1. The summed E-state index contributed by atoms with van der Waals surface area (Å²) >= 11 is 1.39. The molecule has 160 valence electrons. The lowest BCUT2D eigenvalue weighted by Crippen LogP contribution is -3.08. The largest absolute Gasteiger partial charge is 0.365 e. The predicted octanol–water partition coefficient (Wildman–Crippen LogP) is 0.455. The van der Waals surface area contributed by atoms with Gasteiger partial charge < -0.3 is 16.0 Å². The highest BCUT2D eigenvalue weighted by molar-refractivity contribution is 7.89. The number of anilines is 1. The number of sulfonamides is 1. The number of thiophene rings is 1. The minimum atomic E-state index is -3.53. The van der Waals surface area contributed by atoms with Crippen LogP contribution in [0.15, 0.2) is 29.2 Å². The molecular formula is C20H25N4O4S2+. The highest BCUT2D eigenvalue weighted by Gasteiger charge is 2.29. The summed E-state index contributed by atoms with van der Waals surface area (Å²) in [6.07, 6.45) is 2.48. The lowest BCUT2D eigenvalue weighted by molar-refractivity contribution is -0.895. The van der Waals surface area contributed by atoms with Crippen molar-refractivity contribution in [1.82, 2.24) is 4.31 Å². The molecule has 4 N–H and O–H groups in total. The van der Waals surface area contributed by atoms with Crippen LogP contribution in [0.2, 0.25) is 0 Å². The van der Waals surface area contributed by atoms with Gasteiger partial charge in [-0.1, -0.05) is 0 Å². The maximum atomic E-state index is 12.8. The van der Waals surface area contributed by atoms with Crippen molar-refractivity contribution < 1.29 is 22.9 Å². The highest BCUT2D eigenvalue weighted by atomic mass is 32.2. The molecule has 0 spiro atoms. The van der Waals surface area contributed by atoms with Crippen LogP contribution in [0, 0.1) is 0 Å². The molecule has 1 saturated heterocycles. The average molecular weight is 450 g/mol. The predicted molar refractivity (Wildman–Crippen MR) is 114 cm³/mol. The van der Waals surface area contributed by atoms with Gasteiger partial charge in [-0.2, -0.15) is 4.31 Å². The molecule has 1 aromatic heterocycles. The van der Waals surface area contributed by atoms with Crippen LogP contribution < -0.4 is 16.0 Å². The second-order valence-electron chi connectivity index (χ2n) is 7.80. The number of amides is 2. The third kappa shape index (κ3) is 3.87. The molecule has 3 heterocycles. The van der Waals surface area contributed by atoms with Crippen LogP contribution in [-0.2, 0) is 23.0 Å². The van der Waals surface area contributed by atoms with E-state index in [0.29, 0.717) is 29.2 Å². The minimum absolute atomic E-state index is 0.177. The Morgan fingerprint density at radius 2 is 1.83 bits per heavy atom. The third-order valence-corrected chi connectivity index (χ3v) is 8.71. The molecule has 0 radical (unpaired) electrons. The van der Waals surface area contributed by atoms with E-state index in [1.807, 2.05) is 0 Å². The Morgan fingerprint density at radius 3 is 2.47 bits per heavy atom. The van der Waals surface area contributed by atoms with Gasteiger partial charge in [0.1, 0.15) is 11.5 Å². The highest BCUT2D eigenvalue weighted by Crippen LogP contribution is 2.34. The van der Waals surface area contributed by atoms with E-state index in [0.717, 1.165) is 42.8 Å². The van der Waals surface area contributed by atoms with E-state index in [2.05, 4.69) is 12.4 Å². The number of carbonyl (C=O) groups is 2.